The molecule has 1 unspecified atom stereocenters. The zero-order valence-corrected chi connectivity index (χ0v) is 31.9. The highest BCUT2D eigenvalue weighted by Gasteiger charge is 2.39. The topological polar surface area (TPSA) is 153 Å². The van der Waals surface area contributed by atoms with Crippen molar-refractivity contribution in [2.24, 2.45) is 5.41 Å². The smallest absolute Gasteiger partial charge is 0.408 e. The number of alkyl carbamates (subject to hydrolysis) is 1. The number of ether oxygens (including phenoxy) is 2. The lowest BCUT2D eigenvalue weighted by atomic mass is 9.77. The first-order valence-corrected chi connectivity index (χ1v) is 18.1. The number of carbonyl (C=O) groups is 4. The molecule has 0 saturated carbocycles. The summed E-state index contributed by atoms with van der Waals surface area (Å²) in [4.78, 5) is 66.1. The van der Waals surface area contributed by atoms with Crippen LogP contribution in [0.25, 0.3) is 11.0 Å². The molecule has 11 heteroatoms. The van der Waals surface area contributed by atoms with Crippen molar-refractivity contribution in [3.05, 3.63) is 148 Å². The largest absolute Gasteiger partial charge is 0.444 e. The van der Waals surface area contributed by atoms with E-state index in [0.29, 0.717) is 5.58 Å². The fourth-order valence-corrected chi connectivity index (χ4v) is 6.22. The summed E-state index contributed by atoms with van der Waals surface area (Å²) in [6.07, 6.45) is -1.14. The highest BCUT2D eigenvalue weighted by Crippen LogP contribution is 2.37. The van der Waals surface area contributed by atoms with Crippen molar-refractivity contribution in [2.75, 3.05) is 6.54 Å². The Hall–Kier alpha value is -6.23. The van der Waals surface area contributed by atoms with Crippen LogP contribution in [0.5, 0.6) is 5.75 Å². The standard InChI is InChI=1S/C44H47N3O8/c1-29-26-38(49)54-36-27-33(22-23-34(29)36)53-40(51)43(5,6)24-25-45-39(50)35(46-41(52)55-42(2,3)4)28-37(48)47-44(30-16-10-7-11-17-30,31-18-12-8-13-19-31)32-20-14-9-15-21-32/h7-23,26-27,35H,24-25,28H2,1-6H3,(H,45,50)(H,46,52)(H,47,48). The Kier molecular flexibility index (Phi) is 12.2. The van der Waals surface area contributed by atoms with E-state index < -0.39 is 58.5 Å². The van der Waals surface area contributed by atoms with E-state index in [4.69, 9.17) is 13.9 Å². The molecule has 55 heavy (non-hydrogen) atoms. The molecule has 0 bridgehead atoms. The number of esters is 1. The van der Waals surface area contributed by atoms with Gasteiger partial charge in [0.15, 0.2) is 0 Å². The molecule has 3 N–H and O–H groups in total. The summed E-state index contributed by atoms with van der Waals surface area (Å²) in [5.41, 5.74) is -0.186. The van der Waals surface area contributed by atoms with Gasteiger partial charge in [-0.3, -0.25) is 14.4 Å². The van der Waals surface area contributed by atoms with Crippen LogP contribution >= 0.6 is 0 Å². The third kappa shape index (κ3) is 10.1. The Morgan fingerprint density at radius 1 is 0.745 bits per heavy atom. The number of hydrogen-bond donors (Lipinski definition) is 3. The van der Waals surface area contributed by atoms with Crippen LogP contribution in [-0.4, -0.2) is 42.1 Å². The molecule has 1 heterocycles. The highest BCUT2D eigenvalue weighted by atomic mass is 16.6. The summed E-state index contributed by atoms with van der Waals surface area (Å²) in [5.74, 6) is -1.53. The second-order valence-electron chi connectivity index (χ2n) is 15.0. The van der Waals surface area contributed by atoms with Gasteiger partial charge in [-0.05, 0) is 82.3 Å². The number of amides is 3. The van der Waals surface area contributed by atoms with Gasteiger partial charge in [0.1, 0.15) is 28.5 Å². The van der Waals surface area contributed by atoms with E-state index in [0.717, 1.165) is 27.6 Å². The fraction of sp³-hybridized carbons (Fsp3) is 0.295. The lowest BCUT2D eigenvalue weighted by Crippen LogP contribution is -2.53. The van der Waals surface area contributed by atoms with Gasteiger partial charge in [-0.2, -0.15) is 0 Å². The predicted molar refractivity (Wildman–Crippen MR) is 209 cm³/mol. The van der Waals surface area contributed by atoms with Gasteiger partial charge in [-0.15, -0.1) is 0 Å². The molecule has 0 radical (unpaired) electrons. The van der Waals surface area contributed by atoms with Crippen molar-refractivity contribution in [1.82, 2.24) is 16.0 Å². The van der Waals surface area contributed by atoms with Gasteiger partial charge >= 0.3 is 17.7 Å². The average Bonchev–Trinajstić information content (AvgIpc) is 3.13. The van der Waals surface area contributed by atoms with Crippen molar-refractivity contribution in [2.45, 2.75) is 71.6 Å². The molecular formula is C44H47N3O8. The molecule has 0 aliphatic heterocycles. The summed E-state index contributed by atoms with van der Waals surface area (Å²) < 4.78 is 16.4. The predicted octanol–water partition coefficient (Wildman–Crippen LogP) is 6.93. The quantitative estimate of drug-likeness (QED) is 0.0508. The van der Waals surface area contributed by atoms with E-state index in [2.05, 4.69) is 16.0 Å². The van der Waals surface area contributed by atoms with Gasteiger partial charge in [0, 0.05) is 24.1 Å². The molecule has 4 aromatic carbocycles. The SMILES string of the molecule is Cc1cc(=O)oc2cc(OC(=O)C(C)(C)CCNC(=O)C(CC(=O)NC(c3ccccc3)(c3ccccc3)c3ccccc3)NC(=O)OC(C)(C)C)ccc12. The lowest BCUT2D eigenvalue weighted by Gasteiger charge is -2.37. The number of carbonyl (C=O) groups excluding carboxylic acids is 4. The van der Waals surface area contributed by atoms with Crippen LogP contribution in [0.3, 0.4) is 0 Å². The van der Waals surface area contributed by atoms with E-state index in [9.17, 15) is 24.0 Å². The summed E-state index contributed by atoms with van der Waals surface area (Å²) in [6, 6.07) is 33.4. The molecule has 11 nitrogen and oxygen atoms in total. The molecule has 0 aliphatic rings. The Morgan fingerprint density at radius 3 is 1.82 bits per heavy atom. The first kappa shape index (κ1) is 40.0. The van der Waals surface area contributed by atoms with Crippen LogP contribution in [0.15, 0.2) is 124 Å². The van der Waals surface area contributed by atoms with Gasteiger partial charge in [-0.25, -0.2) is 9.59 Å². The summed E-state index contributed by atoms with van der Waals surface area (Å²) in [5, 5.41) is 9.30. The van der Waals surface area contributed by atoms with Crippen molar-refractivity contribution >= 4 is 34.8 Å². The number of fused-ring (bicyclic) bond motifs is 1. The van der Waals surface area contributed by atoms with Gasteiger partial charge in [-0.1, -0.05) is 91.0 Å². The molecule has 1 aromatic heterocycles. The Morgan fingerprint density at radius 2 is 1.29 bits per heavy atom. The summed E-state index contributed by atoms with van der Waals surface area (Å²) in [6.45, 7) is 10.2. The Labute approximate surface area is 320 Å². The summed E-state index contributed by atoms with van der Waals surface area (Å²) >= 11 is 0. The summed E-state index contributed by atoms with van der Waals surface area (Å²) in [7, 11) is 0. The van der Waals surface area contributed by atoms with Crippen molar-refractivity contribution in [1.29, 1.82) is 0 Å². The fourth-order valence-electron chi connectivity index (χ4n) is 6.22. The van der Waals surface area contributed by atoms with Crippen LogP contribution in [-0.2, 0) is 24.7 Å². The second-order valence-corrected chi connectivity index (χ2v) is 15.0. The van der Waals surface area contributed by atoms with Gasteiger partial charge < -0.3 is 29.8 Å². The van der Waals surface area contributed by atoms with Crippen molar-refractivity contribution in [3.8, 4) is 5.75 Å². The monoisotopic (exact) mass is 745 g/mol. The van der Waals surface area contributed by atoms with E-state index in [1.807, 2.05) is 91.0 Å². The first-order valence-electron chi connectivity index (χ1n) is 18.1. The molecule has 0 saturated heterocycles. The molecule has 0 fully saturated rings. The zero-order chi connectivity index (χ0) is 39.8. The number of nitrogens with one attached hydrogen (secondary N) is 3. The number of rotatable bonds is 13. The zero-order valence-electron chi connectivity index (χ0n) is 31.9. The minimum absolute atomic E-state index is 0.0167. The molecule has 5 aromatic rings. The maximum absolute atomic E-state index is 14.2. The molecule has 0 aliphatic carbocycles. The maximum Gasteiger partial charge on any atom is 0.408 e. The first-order chi connectivity index (χ1) is 26.1. The van der Waals surface area contributed by atoms with E-state index in [1.165, 1.54) is 12.1 Å². The van der Waals surface area contributed by atoms with E-state index >= 15 is 0 Å². The number of hydrogen-bond acceptors (Lipinski definition) is 8. The minimum atomic E-state index is -1.33. The molecular weight excluding hydrogens is 698 g/mol. The maximum atomic E-state index is 14.2. The second kappa shape index (κ2) is 16.8. The van der Waals surface area contributed by atoms with Gasteiger partial charge in [0.25, 0.3) is 0 Å². The highest BCUT2D eigenvalue weighted by molar-refractivity contribution is 5.91. The molecule has 1 atom stereocenters. The molecule has 286 valence electrons. The van der Waals surface area contributed by atoms with Crippen LogP contribution in [0, 0.1) is 12.3 Å². The molecule has 5 rings (SSSR count). The van der Waals surface area contributed by atoms with Crippen molar-refractivity contribution < 1.29 is 33.1 Å². The van der Waals surface area contributed by atoms with E-state index in [-0.39, 0.29) is 18.7 Å². The third-order valence-corrected chi connectivity index (χ3v) is 9.08. The lowest BCUT2D eigenvalue weighted by molar-refractivity contribution is -0.144. The van der Waals surface area contributed by atoms with Crippen LogP contribution in [0.4, 0.5) is 4.79 Å². The van der Waals surface area contributed by atoms with Gasteiger partial charge in [0.05, 0.1) is 11.8 Å². The number of benzene rings is 4. The van der Waals surface area contributed by atoms with Crippen molar-refractivity contribution in [3.63, 3.8) is 0 Å². The Balaban J connectivity index is 1.33. The third-order valence-electron chi connectivity index (χ3n) is 9.08. The Bertz CT molecular complexity index is 2100. The van der Waals surface area contributed by atoms with Crippen LogP contribution in [0.1, 0.15) is 69.7 Å². The van der Waals surface area contributed by atoms with Crippen LogP contribution in [0.2, 0.25) is 0 Å². The molecule has 0 spiro atoms. The molecule has 3 amide bonds. The average molecular weight is 746 g/mol. The van der Waals surface area contributed by atoms with Gasteiger partial charge in [0.2, 0.25) is 11.8 Å². The van der Waals surface area contributed by atoms with E-state index in [1.54, 1.807) is 53.7 Å². The van der Waals surface area contributed by atoms with Crippen LogP contribution < -0.4 is 26.3 Å². The minimum Gasteiger partial charge on any atom is -0.444 e. The number of aryl methyl sites for hydroxylation is 1. The normalized spacial score (nSPS) is 12.3.